The summed E-state index contributed by atoms with van der Waals surface area (Å²) in [6, 6.07) is -1.79. The highest BCUT2D eigenvalue weighted by molar-refractivity contribution is 8.00. The molecule has 3 fully saturated rings. The van der Waals surface area contributed by atoms with Crippen LogP contribution < -0.4 is 59.3 Å². The number of likely N-dealkylation sites (N-methyl/N-ethyl adjacent to an activating group) is 3. The lowest BCUT2D eigenvalue weighted by Gasteiger charge is -2.36. The van der Waals surface area contributed by atoms with Crippen LogP contribution in [0.3, 0.4) is 0 Å². The Hall–Kier alpha value is -13.1. The Morgan fingerprint density at radius 3 is 1.64 bits per heavy atom. The molecule has 3 aromatic carbocycles. The zero-order valence-electron chi connectivity index (χ0n) is 75.8. The number of carbonyl (C=O) groups is 19. The standard InChI is InChI=1S/C90H124N18O24S/c1-9-11-22-68-84(126)98-61(30-32-77(118)119)82(124)103-67(80(122)95-43-74(92)114)46-133-47-75(115)96-63(35-50-25-27-54(110)28-26-50)86(128)104(6)49(5)78(120)99-65(40-73(91)113)88(130)107-33-17-24-69(107)85(127)102-66(45-109)83(125)100-62(34-48(3)4)89(131)108-44-55(111)39-71(108)72(112)38-51(36-52-41-93-58-20-15-13-18-56(52)58)79(121)97-60(29-31-76(116)117)81(123)101-64(37-53-42-94-59-21-16-14-19-57(53)59)87(129)106(8)70(23-12-10-2)90(132)105(68)7/h13-16,18-21,25-28,41-42,48-49,51,55,60-71,93-94,109-111H,9-12,17,22-24,29-40,43-47H2,1-8H3,(H2,91,113)(H2,92,114)(H,95,122)(H,96,115)(H,97,121)(H,98,126)(H,99,120)(H,100,125)(H,101,123)(H,102,127)(H,103,124)(H,116,117)(H,118,119)/t49-,51+,55+,60-,61-,62-,63-,64-,65-,66-,67-,68-,69-,70-,71-/m0/s1. The monoisotopic (exact) mass is 1870 g/mol. The predicted molar refractivity (Wildman–Crippen MR) is 483 cm³/mol. The summed E-state index contributed by atoms with van der Waals surface area (Å²) in [6.07, 6.45) is -2.61. The normalized spacial score (nSPS) is 25.0. The maximum atomic E-state index is 15.8. The number of hydrogen-bond donors (Lipinski definition) is 18. The van der Waals surface area contributed by atoms with Crippen LogP contribution in [-0.2, 0) is 110 Å². The minimum absolute atomic E-state index is 0.0670. The van der Waals surface area contributed by atoms with E-state index >= 15 is 33.6 Å². The molecular weight excluding hydrogens is 1750 g/mol. The number of aromatic hydroxyl groups is 1. The zero-order valence-corrected chi connectivity index (χ0v) is 76.6. The SMILES string of the molecule is CCCC[C@H]1C(=O)N(C)[C@@H](CCCC)C(=O)N[C@@H](CCC(=O)O)C(=O)N[C@H](C(=O)NCC(N)=O)CSCC(=O)N[C@@H](Cc2ccc(O)cc2)C(=O)N(C)[C@@H](C)C(=O)N[C@@H](CC(N)=O)C(=O)N2CCC[C@H]2C(=O)N[C@@H](CO)C(=O)N[C@@H](CC(C)C)C(=O)N2C[C@H](O)C[C@H]2C(=O)C[C@@H](Cc2c[nH]c3ccccc23)C(=O)N[C@@H](CCC(=O)O)C(=O)N[C@@H](Cc2c[nH]c3ccccc23)C(=O)N1C. The molecule has 133 heavy (non-hydrogen) atoms. The lowest BCUT2D eigenvalue weighted by atomic mass is 9.89. The number of Topliss-reactive ketones (excluding diaryl/α,β-unsaturated/α-hetero) is 1. The number of carboxylic acid groups (broad SMARTS) is 2. The lowest BCUT2D eigenvalue weighted by Crippen LogP contribution is -2.60. The third-order valence-corrected chi connectivity index (χ3v) is 25.0. The first-order valence-corrected chi connectivity index (χ1v) is 45.7. The third kappa shape index (κ3) is 29.7. The first kappa shape index (κ1) is 105. The first-order chi connectivity index (χ1) is 63.1. The van der Waals surface area contributed by atoms with Crippen LogP contribution in [0.5, 0.6) is 5.75 Å². The van der Waals surface area contributed by atoms with Crippen molar-refractivity contribution in [2.75, 3.05) is 58.9 Å². The molecule has 42 nitrogen and oxygen atoms in total. The predicted octanol–water partition coefficient (Wildman–Crippen LogP) is -1.34. The van der Waals surface area contributed by atoms with Crippen molar-refractivity contribution in [3.63, 3.8) is 0 Å². The summed E-state index contributed by atoms with van der Waals surface area (Å²) in [5.74, 6) is -22.9. The Morgan fingerprint density at radius 1 is 0.541 bits per heavy atom. The molecule has 15 atom stereocenters. The van der Waals surface area contributed by atoms with Crippen molar-refractivity contribution in [2.45, 2.75) is 241 Å². The van der Waals surface area contributed by atoms with Crippen LogP contribution in [0.1, 0.15) is 154 Å². The van der Waals surface area contributed by atoms with Gasteiger partial charge in [0.1, 0.15) is 78.3 Å². The van der Waals surface area contributed by atoms with Gasteiger partial charge in [0.15, 0.2) is 5.78 Å². The summed E-state index contributed by atoms with van der Waals surface area (Å²) < 4.78 is 0. The number of benzene rings is 3. The van der Waals surface area contributed by atoms with Gasteiger partial charge in [-0.25, -0.2) is 0 Å². The van der Waals surface area contributed by atoms with Gasteiger partial charge in [-0.05, 0) is 105 Å². The number of aromatic amines is 2. The molecule has 0 spiro atoms. The highest BCUT2D eigenvalue weighted by Gasteiger charge is 2.47. The summed E-state index contributed by atoms with van der Waals surface area (Å²) in [5.41, 5.74) is 13.6. The second-order valence-electron chi connectivity index (χ2n) is 34.4. The second kappa shape index (κ2) is 50.0. The van der Waals surface area contributed by atoms with E-state index in [9.17, 15) is 83.1 Å². The maximum absolute atomic E-state index is 15.8. The van der Waals surface area contributed by atoms with Crippen LogP contribution >= 0.6 is 11.8 Å². The molecule has 0 bridgehead atoms. The van der Waals surface area contributed by atoms with Crippen LogP contribution in [-0.4, -0.2) is 316 Å². The van der Waals surface area contributed by atoms with Gasteiger partial charge in [-0.2, -0.15) is 0 Å². The number of unbranched alkanes of at least 4 members (excludes halogenated alkanes) is 2. The van der Waals surface area contributed by atoms with E-state index < -0.39 is 278 Å². The van der Waals surface area contributed by atoms with E-state index in [2.05, 4.69) is 57.8 Å². The van der Waals surface area contributed by atoms with Crippen LogP contribution in [0.15, 0.2) is 85.2 Å². The Labute approximate surface area is 772 Å². The van der Waals surface area contributed by atoms with Gasteiger partial charge >= 0.3 is 11.9 Å². The van der Waals surface area contributed by atoms with Crippen molar-refractivity contribution in [2.24, 2.45) is 23.3 Å². The number of aliphatic hydroxyl groups is 2. The van der Waals surface area contributed by atoms with Crippen LogP contribution in [0.25, 0.3) is 21.8 Å². The number of aliphatic carboxylic acids is 2. The number of phenols is 1. The van der Waals surface area contributed by atoms with Crippen molar-refractivity contribution in [1.82, 2.24) is 82.3 Å². The van der Waals surface area contributed by atoms with Gasteiger partial charge in [-0.1, -0.05) is 102 Å². The van der Waals surface area contributed by atoms with Crippen LogP contribution in [0.4, 0.5) is 0 Å². The fourth-order valence-corrected chi connectivity index (χ4v) is 17.4. The summed E-state index contributed by atoms with van der Waals surface area (Å²) in [6.45, 7) is 5.72. The zero-order chi connectivity index (χ0) is 97.8. The number of carboxylic acids is 2. The van der Waals surface area contributed by atoms with Crippen molar-refractivity contribution < 1.29 is 117 Å². The molecule has 0 saturated carbocycles. The molecule has 20 N–H and O–H groups in total. The molecule has 16 amide bonds. The van der Waals surface area contributed by atoms with Gasteiger partial charge in [0, 0.05) is 119 Å². The van der Waals surface area contributed by atoms with E-state index in [0.29, 0.717) is 63.1 Å². The smallest absolute Gasteiger partial charge is 0.303 e. The van der Waals surface area contributed by atoms with E-state index in [4.69, 9.17) is 11.5 Å². The Morgan fingerprint density at radius 2 is 1.06 bits per heavy atom. The summed E-state index contributed by atoms with van der Waals surface area (Å²) in [7, 11) is 3.75. The number of phenolic OH excluding ortho intramolecular Hbond substituents is 1. The molecule has 8 rings (SSSR count). The molecule has 0 aliphatic carbocycles. The largest absolute Gasteiger partial charge is 0.508 e. The minimum atomic E-state index is -1.85. The number of nitrogens with one attached hydrogen (secondary N) is 11. The fourth-order valence-electron chi connectivity index (χ4n) is 16.5. The van der Waals surface area contributed by atoms with Crippen LogP contribution in [0.2, 0.25) is 0 Å². The summed E-state index contributed by atoms with van der Waals surface area (Å²) >= 11 is 0.694. The molecule has 2 aromatic heterocycles. The van der Waals surface area contributed by atoms with Crippen LogP contribution in [0, 0.1) is 11.8 Å². The first-order valence-electron chi connectivity index (χ1n) is 44.5. The molecule has 0 unspecified atom stereocenters. The number of hydrogen-bond acceptors (Lipinski definition) is 23. The van der Waals surface area contributed by atoms with Gasteiger partial charge in [-0.3, -0.25) is 91.1 Å². The van der Waals surface area contributed by atoms with Gasteiger partial charge in [0.2, 0.25) is 94.5 Å². The molecule has 5 heterocycles. The van der Waals surface area contributed by atoms with E-state index in [1.165, 1.54) is 52.3 Å². The number of fused-ring (bicyclic) bond motifs is 4. The number of primary amides is 2. The number of amides is 16. The number of aromatic nitrogens is 2. The topological polar surface area (TPSA) is 634 Å². The average Bonchev–Trinajstić information content (AvgIpc) is 1.72. The van der Waals surface area contributed by atoms with Crippen molar-refractivity contribution in [3.8, 4) is 5.75 Å². The van der Waals surface area contributed by atoms with Gasteiger partial charge in [0.05, 0.1) is 37.5 Å². The van der Waals surface area contributed by atoms with E-state index in [0.717, 1.165) is 24.5 Å². The van der Waals surface area contributed by atoms with E-state index in [1.54, 1.807) is 81.7 Å². The fraction of sp³-hybridized carbons (Fsp3) is 0.544. The quantitative estimate of drug-likeness (QED) is 0.0305. The molecule has 3 saturated heterocycles. The molecular formula is C90H124N18O24S. The van der Waals surface area contributed by atoms with E-state index in [1.807, 2.05) is 6.92 Å². The minimum Gasteiger partial charge on any atom is -0.508 e. The average molecular weight is 1870 g/mol. The molecule has 43 heteroatoms. The molecule has 724 valence electrons. The molecule has 3 aliphatic rings. The number of aliphatic hydroxyl groups excluding tert-OH is 2. The van der Waals surface area contributed by atoms with E-state index in [-0.39, 0.29) is 82.9 Å². The molecule has 3 aliphatic heterocycles. The van der Waals surface area contributed by atoms with Gasteiger partial charge in [-0.15, -0.1) is 11.8 Å². The maximum Gasteiger partial charge on any atom is 0.303 e. The number of carbonyl (C=O) groups excluding carboxylic acids is 17. The summed E-state index contributed by atoms with van der Waals surface area (Å²) in [4.78, 5) is 285. The van der Waals surface area contributed by atoms with Crippen molar-refractivity contribution in [1.29, 1.82) is 0 Å². The Bertz CT molecular complexity index is 5040. The second-order valence-corrected chi connectivity index (χ2v) is 35.4. The number of nitrogens with two attached hydrogens (primary N) is 2. The van der Waals surface area contributed by atoms with Crippen molar-refractivity contribution >= 4 is 146 Å². The lowest BCUT2D eigenvalue weighted by molar-refractivity contribution is -0.149. The Kier molecular flexibility index (Phi) is 39.6. The number of thioether (sulfide) groups is 1. The number of nitrogens with zero attached hydrogens (tertiary/aromatic N) is 5. The number of para-hydroxylation sites is 2. The van der Waals surface area contributed by atoms with Crippen molar-refractivity contribution in [3.05, 3.63) is 102 Å². The highest BCUT2D eigenvalue weighted by Crippen LogP contribution is 2.30. The molecule has 0 radical (unpaired) electrons. The van der Waals surface area contributed by atoms with Gasteiger partial charge < -0.3 is 119 Å². The Balaban J connectivity index is 1.20. The highest BCUT2D eigenvalue weighted by atomic mass is 32.2. The number of H-pyrrole nitrogens is 2. The summed E-state index contributed by atoms with van der Waals surface area (Å²) in [5, 5.41) is 76.7. The molecule has 5 aromatic rings. The number of rotatable bonds is 26. The van der Waals surface area contributed by atoms with Gasteiger partial charge in [0.25, 0.3) is 0 Å². The number of ketones is 1. The third-order valence-electron chi connectivity index (χ3n) is 23.9.